The van der Waals surface area contributed by atoms with E-state index in [1.165, 1.54) is 0 Å². The van der Waals surface area contributed by atoms with E-state index in [0.717, 1.165) is 4.90 Å². The molecular formula is C21H21N5O5. The third-order valence-electron chi connectivity index (χ3n) is 5.13. The Hall–Kier alpha value is -3.79. The van der Waals surface area contributed by atoms with Gasteiger partial charge >= 0.3 is 0 Å². The van der Waals surface area contributed by atoms with Gasteiger partial charge in [-0.1, -0.05) is 12.1 Å². The van der Waals surface area contributed by atoms with E-state index in [-0.39, 0.29) is 30.5 Å². The number of amides is 4. The quantitative estimate of drug-likeness (QED) is 0.544. The predicted octanol–water partition coefficient (Wildman–Crippen LogP) is 0.432. The Balaban J connectivity index is 1.54. The first kappa shape index (κ1) is 20.5. The number of pyridine rings is 1. The highest BCUT2D eigenvalue weighted by Gasteiger charge is 2.45. The van der Waals surface area contributed by atoms with Gasteiger partial charge in [-0.3, -0.25) is 29.4 Å². The van der Waals surface area contributed by atoms with E-state index < -0.39 is 29.7 Å². The number of ether oxygens (including phenoxy) is 1. The van der Waals surface area contributed by atoms with Crippen LogP contribution in [0.15, 0.2) is 36.5 Å². The fourth-order valence-corrected chi connectivity index (χ4v) is 3.69. The molecule has 1 fully saturated rings. The van der Waals surface area contributed by atoms with Crippen LogP contribution < -0.4 is 21.1 Å². The lowest BCUT2D eigenvalue weighted by atomic mass is 10.0. The number of carbonyl (C=O) groups is 4. The smallest absolute Gasteiger partial charge is 0.262 e. The van der Waals surface area contributed by atoms with Gasteiger partial charge < -0.3 is 15.8 Å². The lowest BCUT2D eigenvalue weighted by Crippen LogP contribution is -2.54. The molecule has 160 valence electrons. The number of rotatable bonds is 7. The maximum Gasteiger partial charge on any atom is 0.262 e. The first-order valence-electron chi connectivity index (χ1n) is 9.86. The minimum Gasteiger partial charge on any atom is -0.492 e. The van der Waals surface area contributed by atoms with Crippen molar-refractivity contribution in [1.29, 1.82) is 0 Å². The third-order valence-corrected chi connectivity index (χ3v) is 5.13. The van der Waals surface area contributed by atoms with Crippen LogP contribution in [0.2, 0.25) is 0 Å². The van der Waals surface area contributed by atoms with E-state index in [1.807, 2.05) is 0 Å². The summed E-state index contributed by atoms with van der Waals surface area (Å²) in [5.74, 6) is -0.981. The molecule has 4 amide bonds. The number of hydrogen-bond acceptors (Lipinski definition) is 8. The predicted molar refractivity (Wildman–Crippen MR) is 109 cm³/mol. The molecule has 0 saturated carbocycles. The molecule has 1 saturated heterocycles. The van der Waals surface area contributed by atoms with Gasteiger partial charge in [0, 0.05) is 31.8 Å². The molecular weight excluding hydrogens is 402 g/mol. The highest BCUT2D eigenvalue weighted by Crippen LogP contribution is 2.30. The van der Waals surface area contributed by atoms with Gasteiger partial charge in [-0.15, -0.1) is 0 Å². The van der Waals surface area contributed by atoms with Crippen LogP contribution in [0.5, 0.6) is 5.75 Å². The summed E-state index contributed by atoms with van der Waals surface area (Å²) in [4.78, 5) is 54.8. The summed E-state index contributed by atoms with van der Waals surface area (Å²) in [5.41, 5.74) is 6.53. The fourth-order valence-electron chi connectivity index (χ4n) is 3.69. The van der Waals surface area contributed by atoms with E-state index in [0.29, 0.717) is 30.3 Å². The molecule has 31 heavy (non-hydrogen) atoms. The summed E-state index contributed by atoms with van der Waals surface area (Å²) in [6.07, 6.45) is 1.78. The first-order valence-corrected chi connectivity index (χ1v) is 9.86. The lowest BCUT2D eigenvalue weighted by Gasteiger charge is -2.27. The minimum absolute atomic E-state index is 0.0759. The van der Waals surface area contributed by atoms with Gasteiger partial charge in [0.1, 0.15) is 24.2 Å². The number of benzene rings is 1. The van der Waals surface area contributed by atoms with Crippen LogP contribution in [0.25, 0.3) is 0 Å². The maximum absolute atomic E-state index is 13.1. The zero-order valence-electron chi connectivity index (χ0n) is 16.6. The minimum atomic E-state index is -0.996. The van der Waals surface area contributed by atoms with Crippen molar-refractivity contribution in [3.63, 3.8) is 0 Å². The molecule has 2 aromatic rings. The highest BCUT2D eigenvalue weighted by atomic mass is 16.5. The molecule has 0 aliphatic carbocycles. The molecule has 1 aromatic heterocycles. The molecule has 1 unspecified atom stereocenters. The van der Waals surface area contributed by atoms with E-state index in [2.05, 4.69) is 15.6 Å². The van der Waals surface area contributed by atoms with Crippen molar-refractivity contribution < 1.29 is 23.9 Å². The number of aromatic nitrogens is 1. The molecule has 10 heteroatoms. The Morgan fingerprint density at radius 2 is 2.03 bits per heavy atom. The monoisotopic (exact) mass is 423 g/mol. The Morgan fingerprint density at radius 1 is 1.19 bits per heavy atom. The summed E-state index contributed by atoms with van der Waals surface area (Å²) < 4.78 is 5.48. The van der Waals surface area contributed by atoms with E-state index in [1.54, 1.807) is 36.5 Å². The number of nitrogens with zero attached hydrogens (tertiary/aromatic N) is 2. The van der Waals surface area contributed by atoms with Crippen molar-refractivity contribution in [1.82, 2.24) is 15.2 Å². The van der Waals surface area contributed by atoms with Gasteiger partial charge in [-0.2, -0.15) is 0 Å². The average Bonchev–Trinajstić information content (AvgIpc) is 3.02. The third kappa shape index (κ3) is 3.97. The van der Waals surface area contributed by atoms with Crippen molar-refractivity contribution in [2.75, 3.05) is 18.5 Å². The Morgan fingerprint density at radius 3 is 2.81 bits per heavy atom. The lowest BCUT2D eigenvalue weighted by molar-refractivity contribution is -0.136. The molecule has 0 radical (unpaired) electrons. The number of carbonyl (C=O) groups excluding carboxylic acids is 4. The zero-order chi connectivity index (χ0) is 22.0. The van der Waals surface area contributed by atoms with Crippen LogP contribution in [-0.2, 0) is 16.1 Å². The van der Waals surface area contributed by atoms with Crippen molar-refractivity contribution in [2.24, 2.45) is 5.73 Å². The van der Waals surface area contributed by atoms with Gasteiger partial charge in [0.25, 0.3) is 11.8 Å². The summed E-state index contributed by atoms with van der Waals surface area (Å²) in [6, 6.07) is 7.40. The molecule has 1 aromatic carbocycles. The summed E-state index contributed by atoms with van der Waals surface area (Å²) in [7, 11) is 0. The van der Waals surface area contributed by atoms with Gasteiger partial charge in [0.15, 0.2) is 0 Å². The summed E-state index contributed by atoms with van der Waals surface area (Å²) in [5, 5.41) is 5.31. The molecule has 2 aliphatic rings. The number of imide groups is 2. The largest absolute Gasteiger partial charge is 0.492 e. The van der Waals surface area contributed by atoms with E-state index in [4.69, 9.17) is 10.5 Å². The number of fused-ring (bicyclic) bond motifs is 1. The first-order chi connectivity index (χ1) is 15.0. The second-order valence-corrected chi connectivity index (χ2v) is 7.15. The average molecular weight is 423 g/mol. The molecule has 1 atom stereocenters. The topological polar surface area (TPSA) is 144 Å². The number of anilines is 1. The molecule has 0 bridgehead atoms. The normalized spacial score (nSPS) is 18.1. The maximum atomic E-state index is 13.1. The van der Waals surface area contributed by atoms with E-state index >= 15 is 0 Å². The Kier molecular flexibility index (Phi) is 5.63. The van der Waals surface area contributed by atoms with Crippen LogP contribution >= 0.6 is 0 Å². The Labute approximate surface area is 177 Å². The molecule has 3 heterocycles. The second-order valence-electron chi connectivity index (χ2n) is 7.15. The molecule has 4 N–H and O–H groups in total. The number of nitrogens with two attached hydrogens (primary N) is 1. The van der Waals surface area contributed by atoms with E-state index in [9.17, 15) is 19.2 Å². The van der Waals surface area contributed by atoms with Crippen molar-refractivity contribution in [2.45, 2.75) is 25.4 Å². The van der Waals surface area contributed by atoms with Gasteiger partial charge in [0.05, 0.1) is 11.1 Å². The van der Waals surface area contributed by atoms with Crippen molar-refractivity contribution in [3.05, 3.63) is 53.2 Å². The number of hydrogen-bond donors (Lipinski definition) is 3. The van der Waals surface area contributed by atoms with Gasteiger partial charge in [0.2, 0.25) is 11.8 Å². The van der Waals surface area contributed by atoms with Crippen LogP contribution in [0.1, 0.15) is 39.1 Å². The second kappa shape index (κ2) is 8.52. The van der Waals surface area contributed by atoms with Crippen LogP contribution in [0.3, 0.4) is 0 Å². The zero-order valence-corrected chi connectivity index (χ0v) is 16.6. The molecule has 10 nitrogen and oxygen atoms in total. The number of piperidine rings is 1. The summed E-state index contributed by atoms with van der Waals surface area (Å²) >= 11 is 0. The summed E-state index contributed by atoms with van der Waals surface area (Å²) in [6.45, 7) is 1.00. The van der Waals surface area contributed by atoms with Crippen molar-refractivity contribution >= 4 is 29.4 Å². The number of nitrogens with one attached hydrogen (secondary N) is 2. The van der Waals surface area contributed by atoms with Gasteiger partial charge in [-0.05, 0) is 24.1 Å². The molecule has 0 spiro atoms. The van der Waals surface area contributed by atoms with Crippen LogP contribution in [0.4, 0.5) is 5.82 Å². The Bertz CT molecular complexity index is 1070. The SMILES string of the molecule is NCCOc1ccnc(NCc2cccc3c2C(=O)N(C2CCC(=O)NC2=O)C3=O)c1. The van der Waals surface area contributed by atoms with Crippen molar-refractivity contribution in [3.8, 4) is 5.75 Å². The molecule has 2 aliphatic heterocycles. The molecule has 4 rings (SSSR count). The van der Waals surface area contributed by atoms with Crippen LogP contribution in [-0.4, -0.2) is 52.7 Å². The fraction of sp³-hybridized carbons (Fsp3) is 0.286. The standard InChI is InChI=1S/C21H21N5O5/c22-7-9-31-13-6-8-23-16(10-13)24-11-12-2-1-3-14-18(12)21(30)26(20(14)29)15-4-5-17(27)25-19(15)28/h1-3,6,8,10,15H,4-5,7,9,11,22H2,(H,23,24)(H,25,27,28). The van der Waals surface area contributed by atoms with Gasteiger partial charge in [-0.25, -0.2) is 4.98 Å². The van der Waals surface area contributed by atoms with Crippen LogP contribution in [0, 0.1) is 0 Å². The highest BCUT2D eigenvalue weighted by molar-refractivity contribution is 6.24.